The zero-order chi connectivity index (χ0) is 12.0. The molecule has 0 saturated carbocycles. The number of nitrogens with one attached hydrogen (secondary N) is 1. The van der Waals surface area contributed by atoms with Crippen LogP contribution in [0.1, 0.15) is 18.9 Å². The molecule has 0 spiro atoms. The van der Waals surface area contributed by atoms with Gasteiger partial charge in [0, 0.05) is 0 Å². The molecular weight excluding hydrogens is 204 g/mol. The minimum Gasteiger partial charge on any atom is -0.508 e. The van der Waals surface area contributed by atoms with Gasteiger partial charge in [0.15, 0.2) is 0 Å². The molecule has 1 aromatic rings. The number of carbonyl (C=O) groups is 1. The summed E-state index contributed by atoms with van der Waals surface area (Å²) >= 11 is 0. The molecule has 1 aromatic carbocycles. The Morgan fingerprint density at radius 2 is 2.06 bits per heavy atom. The fourth-order valence-corrected chi connectivity index (χ4v) is 1.37. The van der Waals surface area contributed by atoms with Crippen LogP contribution in [0.2, 0.25) is 0 Å². The monoisotopic (exact) mass is 222 g/mol. The van der Waals surface area contributed by atoms with E-state index in [4.69, 9.17) is 10.8 Å². The van der Waals surface area contributed by atoms with Gasteiger partial charge in [0.1, 0.15) is 5.75 Å². The van der Waals surface area contributed by atoms with Gasteiger partial charge in [-0.25, -0.2) is 0 Å². The average Bonchev–Trinajstić information content (AvgIpc) is 2.26. The van der Waals surface area contributed by atoms with E-state index in [0.29, 0.717) is 0 Å². The van der Waals surface area contributed by atoms with Crippen LogP contribution in [0, 0.1) is 0 Å². The summed E-state index contributed by atoms with van der Waals surface area (Å²) in [5.74, 6) is -0.0474. The lowest BCUT2D eigenvalue weighted by atomic mass is 10.1. The molecule has 4 heteroatoms. The summed E-state index contributed by atoms with van der Waals surface area (Å²) in [5.41, 5.74) is 6.29. The van der Waals surface area contributed by atoms with Crippen LogP contribution in [0.25, 0.3) is 0 Å². The summed E-state index contributed by atoms with van der Waals surface area (Å²) in [5, 5.41) is 12.1. The number of amides is 1. The normalized spacial score (nSPS) is 12.3. The third-order valence-corrected chi connectivity index (χ3v) is 2.46. The van der Waals surface area contributed by atoms with Gasteiger partial charge in [-0.1, -0.05) is 12.1 Å². The van der Waals surface area contributed by atoms with Gasteiger partial charge in [0.2, 0.25) is 5.91 Å². The van der Waals surface area contributed by atoms with Crippen LogP contribution in [-0.2, 0) is 11.2 Å². The van der Waals surface area contributed by atoms with Crippen LogP contribution >= 0.6 is 0 Å². The Hall–Kier alpha value is -1.55. The van der Waals surface area contributed by atoms with Crippen LogP contribution in [0.5, 0.6) is 5.75 Å². The maximum absolute atomic E-state index is 10.7. The first-order chi connectivity index (χ1) is 7.59. The van der Waals surface area contributed by atoms with Crippen molar-refractivity contribution in [3.05, 3.63) is 29.8 Å². The van der Waals surface area contributed by atoms with Gasteiger partial charge < -0.3 is 16.2 Å². The molecule has 0 aliphatic heterocycles. The van der Waals surface area contributed by atoms with Crippen LogP contribution < -0.4 is 11.1 Å². The number of rotatable bonds is 6. The van der Waals surface area contributed by atoms with Crippen molar-refractivity contribution < 1.29 is 9.90 Å². The molecule has 4 N–H and O–H groups in total. The lowest BCUT2D eigenvalue weighted by molar-refractivity contribution is -0.119. The maximum Gasteiger partial charge on any atom is 0.234 e. The highest BCUT2D eigenvalue weighted by molar-refractivity contribution is 5.79. The Labute approximate surface area is 95.5 Å². The number of hydrogen-bond acceptors (Lipinski definition) is 3. The summed E-state index contributed by atoms with van der Waals surface area (Å²) in [7, 11) is 0. The number of carbonyl (C=O) groups excluding carboxylic acids is 1. The molecule has 88 valence electrons. The molecule has 0 aromatic heterocycles. The van der Waals surface area contributed by atoms with E-state index in [0.717, 1.165) is 19.4 Å². The lowest BCUT2D eigenvalue weighted by Gasteiger charge is -2.09. The zero-order valence-electron chi connectivity index (χ0n) is 9.44. The molecule has 1 atom stereocenters. The number of aromatic hydroxyl groups is 1. The Morgan fingerprint density at radius 3 is 2.62 bits per heavy atom. The van der Waals surface area contributed by atoms with Crippen LogP contribution in [0.4, 0.5) is 0 Å². The fourth-order valence-electron chi connectivity index (χ4n) is 1.37. The van der Waals surface area contributed by atoms with Gasteiger partial charge in [-0.3, -0.25) is 4.79 Å². The van der Waals surface area contributed by atoms with Crippen LogP contribution in [0.3, 0.4) is 0 Å². The number of primary amides is 1. The first-order valence-corrected chi connectivity index (χ1v) is 5.40. The van der Waals surface area contributed by atoms with Gasteiger partial charge in [0.05, 0.1) is 6.04 Å². The maximum atomic E-state index is 10.7. The van der Waals surface area contributed by atoms with Crippen molar-refractivity contribution in [2.45, 2.75) is 25.8 Å². The molecule has 0 aliphatic rings. The van der Waals surface area contributed by atoms with Crippen LogP contribution in [0.15, 0.2) is 24.3 Å². The summed E-state index contributed by atoms with van der Waals surface area (Å²) in [6, 6.07) is 6.86. The van der Waals surface area contributed by atoms with Crippen molar-refractivity contribution in [1.82, 2.24) is 5.32 Å². The Balaban J connectivity index is 2.21. The van der Waals surface area contributed by atoms with Gasteiger partial charge in [-0.15, -0.1) is 0 Å². The molecule has 0 bridgehead atoms. The quantitative estimate of drug-likeness (QED) is 0.623. The highest BCUT2D eigenvalue weighted by Gasteiger charge is 2.05. The van der Waals surface area contributed by atoms with E-state index in [9.17, 15) is 4.79 Å². The van der Waals surface area contributed by atoms with Gasteiger partial charge in [-0.05, 0) is 44.0 Å². The predicted molar refractivity (Wildman–Crippen MR) is 63.1 cm³/mol. The summed E-state index contributed by atoms with van der Waals surface area (Å²) in [6.45, 7) is 2.51. The Kier molecular flexibility index (Phi) is 4.79. The minimum absolute atomic E-state index is 0.278. The first-order valence-electron chi connectivity index (χ1n) is 5.40. The fraction of sp³-hybridized carbons (Fsp3) is 0.417. The van der Waals surface area contributed by atoms with Crippen LogP contribution in [-0.4, -0.2) is 23.6 Å². The second kappa shape index (κ2) is 6.12. The van der Waals surface area contributed by atoms with E-state index in [1.54, 1.807) is 19.1 Å². The molecule has 0 saturated heterocycles. The molecular formula is C12H18N2O2. The number of aryl methyl sites for hydroxylation is 1. The van der Waals surface area contributed by atoms with Crippen molar-refractivity contribution in [3.8, 4) is 5.75 Å². The largest absolute Gasteiger partial charge is 0.508 e. The highest BCUT2D eigenvalue weighted by atomic mass is 16.3. The van der Waals surface area contributed by atoms with Crippen molar-refractivity contribution >= 4 is 5.91 Å². The van der Waals surface area contributed by atoms with E-state index in [2.05, 4.69) is 5.32 Å². The number of hydrogen-bond donors (Lipinski definition) is 3. The Morgan fingerprint density at radius 1 is 1.44 bits per heavy atom. The van der Waals surface area contributed by atoms with Crippen molar-refractivity contribution in [1.29, 1.82) is 0 Å². The summed E-state index contributed by atoms with van der Waals surface area (Å²) < 4.78 is 0. The van der Waals surface area contributed by atoms with E-state index in [-0.39, 0.29) is 17.7 Å². The first kappa shape index (κ1) is 12.5. The molecule has 1 rings (SSSR count). The van der Waals surface area contributed by atoms with E-state index in [1.165, 1.54) is 5.56 Å². The summed E-state index contributed by atoms with van der Waals surface area (Å²) in [4.78, 5) is 10.7. The molecule has 1 amide bonds. The molecule has 0 aliphatic carbocycles. The molecule has 16 heavy (non-hydrogen) atoms. The third kappa shape index (κ3) is 4.31. The van der Waals surface area contributed by atoms with Crippen molar-refractivity contribution in [3.63, 3.8) is 0 Å². The number of phenols is 1. The predicted octanol–water partition coefficient (Wildman–Crippen LogP) is 0.788. The Bertz CT molecular complexity index is 335. The molecule has 4 nitrogen and oxygen atoms in total. The lowest BCUT2D eigenvalue weighted by Crippen LogP contribution is -2.39. The third-order valence-electron chi connectivity index (χ3n) is 2.46. The number of phenolic OH excluding ortho intramolecular Hbond substituents is 1. The van der Waals surface area contributed by atoms with E-state index >= 15 is 0 Å². The molecule has 1 unspecified atom stereocenters. The van der Waals surface area contributed by atoms with E-state index in [1.807, 2.05) is 12.1 Å². The van der Waals surface area contributed by atoms with E-state index < -0.39 is 0 Å². The molecule has 0 radical (unpaired) electrons. The smallest absolute Gasteiger partial charge is 0.234 e. The van der Waals surface area contributed by atoms with Crippen molar-refractivity contribution in [2.75, 3.05) is 6.54 Å². The number of nitrogens with two attached hydrogens (primary N) is 1. The summed E-state index contributed by atoms with van der Waals surface area (Å²) in [6.07, 6.45) is 1.85. The van der Waals surface area contributed by atoms with Gasteiger partial charge >= 0.3 is 0 Å². The standard InChI is InChI=1S/C12H18N2O2/c1-9(12(13)16)14-8-2-3-10-4-6-11(15)7-5-10/h4-7,9,14-15H,2-3,8H2,1H3,(H2,13,16). The van der Waals surface area contributed by atoms with Gasteiger partial charge in [0.25, 0.3) is 0 Å². The number of benzene rings is 1. The zero-order valence-corrected chi connectivity index (χ0v) is 9.44. The molecule has 0 heterocycles. The second-order valence-electron chi connectivity index (χ2n) is 3.85. The highest BCUT2D eigenvalue weighted by Crippen LogP contribution is 2.10. The molecule has 0 fully saturated rings. The SMILES string of the molecule is CC(NCCCc1ccc(O)cc1)C(N)=O. The van der Waals surface area contributed by atoms with Crippen molar-refractivity contribution in [2.24, 2.45) is 5.73 Å². The average molecular weight is 222 g/mol. The topological polar surface area (TPSA) is 75.3 Å². The second-order valence-corrected chi connectivity index (χ2v) is 3.85. The van der Waals surface area contributed by atoms with Gasteiger partial charge in [-0.2, -0.15) is 0 Å². The minimum atomic E-state index is -0.329.